The third-order valence-electron chi connectivity index (χ3n) is 2.40. The van der Waals surface area contributed by atoms with Crippen LogP contribution in [0.2, 0.25) is 10.3 Å². The third-order valence-corrected chi connectivity index (χ3v) is 3.50. The molecule has 1 aromatic carbocycles. The summed E-state index contributed by atoms with van der Waals surface area (Å²) >= 11 is 12.8. The van der Waals surface area contributed by atoms with E-state index in [1.165, 1.54) is 6.07 Å². The molecule has 3 aromatic rings. The van der Waals surface area contributed by atoms with Crippen LogP contribution in [-0.4, -0.2) is 22.1 Å². The van der Waals surface area contributed by atoms with Crippen LogP contribution in [0.15, 0.2) is 39.1 Å². The van der Waals surface area contributed by atoms with Gasteiger partial charge in [-0.1, -0.05) is 23.2 Å². The summed E-state index contributed by atoms with van der Waals surface area (Å²) < 4.78 is 10.7. The van der Waals surface area contributed by atoms with Crippen molar-refractivity contribution < 1.29 is 9.15 Å². The van der Waals surface area contributed by atoms with Gasteiger partial charge in [-0.25, -0.2) is 15.0 Å². The van der Waals surface area contributed by atoms with Crippen molar-refractivity contribution in [2.24, 2.45) is 0 Å². The molecule has 0 unspecified atom stereocenters. The minimum atomic E-state index is 0.269. The van der Waals surface area contributed by atoms with Gasteiger partial charge in [-0.05, 0) is 12.1 Å². The number of methoxy groups -OCH3 is 1. The Morgan fingerprint density at radius 3 is 2.55 bits per heavy atom. The molecule has 102 valence electrons. The molecule has 0 bridgehead atoms. The van der Waals surface area contributed by atoms with Crippen LogP contribution >= 0.6 is 35.0 Å². The largest absolute Gasteiger partial charge is 0.497 e. The van der Waals surface area contributed by atoms with Crippen molar-refractivity contribution in [3.63, 3.8) is 0 Å². The number of ether oxygens (including phenoxy) is 1. The van der Waals surface area contributed by atoms with E-state index in [4.69, 9.17) is 32.4 Å². The summed E-state index contributed by atoms with van der Waals surface area (Å²) in [6.07, 6.45) is 0. The number of fused-ring (bicyclic) bond motifs is 1. The minimum absolute atomic E-state index is 0.269. The van der Waals surface area contributed by atoms with E-state index < -0.39 is 0 Å². The first-order chi connectivity index (χ1) is 9.64. The average Bonchev–Trinajstić information content (AvgIpc) is 2.78. The van der Waals surface area contributed by atoms with Crippen molar-refractivity contribution in [1.29, 1.82) is 0 Å². The lowest BCUT2D eigenvalue weighted by Crippen LogP contribution is -1.87. The van der Waals surface area contributed by atoms with E-state index in [-0.39, 0.29) is 10.3 Å². The van der Waals surface area contributed by atoms with Crippen LogP contribution in [0.25, 0.3) is 11.1 Å². The number of aromatic nitrogens is 3. The van der Waals surface area contributed by atoms with E-state index in [1.54, 1.807) is 25.3 Å². The Bertz CT molecular complexity index is 758. The summed E-state index contributed by atoms with van der Waals surface area (Å²) in [5.74, 6) is 0.712. The Balaban J connectivity index is 1.94. The van der Waals surface area contributed by atoms with Crippen molar-refractivity contribution in [1.82, 2.24) is 15.0 Å². The molecule has 0 aliphatic carbocycles. The highest BCUT2D eigenvalue weighted by Gasteiger charge is 2.11. The molecule has 20 heavy (non-hydrogen) atoms. The molecular formula is C12H7Cl2N3O2S. The first-order valence-electron chi connectivity index (χ1n) is 5.46. The van der Waals surface area contributed by atoms with Crippen LogP contribution in [0.5, 0.6) is 5.75 Å². The topological polar surface area (TPSA) is 61.0 Å². The van der Waals surface area contributed by atoms with E-state index in [0.29, 0.717) is 27.2 Å². The van der Waals surface area contributed by atoms with Crippen molar-refractivity contribution >= 4 is 46.1 Å². The molecule has 0 saturated heterocycles. The number of halogens is 2. The summed E-state index contributed by atoms with van der Waals surface area (Å²) in [5, 5.41) is 1.32. The van der Waals surface area contributed by atoms with Crippen LogP contribution in [-0.2, 0) is 0 Å². The number of hydrogen-bond acceptors (Lipinski definition) is 6. The van der Waals surface area contributed by atoms with Crippen molar-refractivity contribution in [3.05, 3.63) is 34.6 Å². The maximum atomic E-state index is 5.82. The summed E-state index contributed by atoms with van der Waals surface area (Å²) in [6.45, 7) is 0. The fourth-order valence-electron chi connectivity index (χ4n) is 1.55. The highest BCUT2D eigenvalue weighted by atomic mass is 35.5. The number of oxazole rings is 1. The average molecular weight is 328 g/mol. The smallest absolute Gasteiger partial charge is 0.264 e. The number of nitrogens with zero attached hydrogens (tertiary/aromatic N) is 3. The summed E-state index contributed by atoms with van der Waals surface area (Å²) in [5.41, 5.74) is 1.35. The zero-order chi connectivity index (χ0) is 14.1. The van der Waals surface area contributed by atoms with E-state index in [1.807, 2.05) is 0 Å². The molecule has 0 radical (unpaired) electrons. The van der Waals surface area contributed by atoms with E-state index in [0.717, 1.165) is 11.8 Å². The van der Waals surface area contributed by atoms with E-state index in [2.05, 4.69) is 15.0 Å². The van der Waals surface area contributed by atoms with E-state index >= 15 is 0 Å². The predicted octanol–water partition coefficient (Wildman–Crippen LogP) is 4.08. The second-order valence-electron chi connectivity index (χ2n) is 3.71. The number of hydrogen-bond donors (Lipinski definition) is 0. The highest BCUT2D eigenvalue weighted by molar-refractivity contribution is 7.98. The SMILES string of the molecule is COc1ccc2oc(Sc3nc(Cl)cc(Cl)n3)nc2c1. The molecule has 0 fully saturated rings. The zero-order valence-electron chi connectivity index (χ0n) is 10.1. The zero-order valence-corrected chi connectivity index (χ0v) is 12.5. The molecule has 0 N–H and O–H groups in total. The molecular weight excluding hydrogens is 321 g/mol. The standard InChI is InChI=1S/C12H7Cl2N3O2S/c1-18-6-2-3-8-7(4-6)15-12(19-8)20-11-16-9(13)5-10(14)17-11/h2-5H,1H3. The Hall–Kier alpha value is -1.50. The van der Waals surface area contributed by atoms with Crippen LogP contribution in [0.1, 0.15) is 0 Å². The second kappa shape index (κ2) is 5.47. The number of benzene rings is 1. The fourth-order valence-corrected chi connectivity index (χ4v) is 2.79. The fraction of sp³-hybridized carbons (Fsp3) is 0.0833. The van der Waals surface area contributed by atoms with Gasteiger partial charge >= 0.3 is 0 Å². The molecule has 0 atom stereocenters. The first-order valence-corrected chi connectivity index (χ1v) is 7.04. The molecule has 0 aliphatic heterocycles. The second-order valence-corrected chi connectivity index (χ2v) is 5.40. The van der Waals surface area contributed by atoms with Gasteiger partial charge in [-0.3, -0.25) is 0 Å². The summed E-state index contributed by atoms with van der Waals surface area (Å²) in [4.78, 5) is 12.4. The minimum Gasteiger partial charge on any atom is -0.497 e. The van der Waals surface area contributed by atoms with Gasteiger partial charge in [-0.2, -0.15) is 0 Å². The van der Waals surface area contributed by atoms with Gasteiger partial charge in [0.2, 0.25) is 0 Å². The summed E-state index contributed by atoms with van der Waals surface area (Å²) in [7, 11) is 1.60. The monoisotopic (exact) mass is 327 g/mol. The molecule has 0 spiro atoms. The molecule has 3 rings (SSSR count). The predicted molar refractivity (Wildman–Crippen MR) is 76.7 cm³/mol. The lowest BCUT2D eigenvalue weighted by molar-refractivity contribution is 0.415. The Morgan fingerprint density at radius 2 is 1.85 bits per heavy atom. The van der Waals surface area contributed by atoms with Gasteiger partial charge in [0.25, 0.3) is 5.22 Å². The van der Waals surface area contributed by atoms with Gasteiger partial charge < -0.3 is 9.15 Å². The van der Waals surface area contributed by atoms with Gasteiger partial charge in [0.1, 0.15) is 21.6 Å². The molecule has 5 nitrogen and oxygen atoms in total. The molecule has 0 amide bonds. The number of rotatable bonds is 3. The van der Waals surface area contributed by atoms with Gasteiger partial charge in [0.05, 0.1) is 7.11 Å². The molecule has 8 heteroatoms. The Labute approximate surface area is 128 Å². The Kier molecular flexibility index (Phi) is 3.69. The van der Waals surface area contributed by atoms with E-state index in [9.17, 15) is 0 Å². The van der Waals surface area contributed by atoms with Gasteiger partial charge in [-0.15, -0.1) is 0 Å². The van der Waals surface area contributed by atoms with Crippen LogP contribution in [0.3, 0.4) is 0 Å². The van der Waals surface area contributed by atoms with Gasteiger partial charge in [0.15, 0.2) is 10.7 Å². The maximum absolute atomic E-state index is 5.82. The van der Waals surface area contributed by atoms with Crippen molar-refractivity contribution in [3.8, 4) is 5.75 Å². The lowest BCUT2D eigenvalue weighted by atomic mass is 10.3. The van der Waals surface area contributed by atoms with Crippen LogP contribution < -0.4 is 4.74 Å². The molecule has 0 aliphatic rings. The Morgan fingerprint density at radius 1 is 1.10 bits per heavy atom. The van der Waals surface area contributed by atoms with Crippen molar-refractivity contribution in [2.75, 3.05) is 7.11 Å². The highest BCUT2D eigenvalue weighted by Crippen LogP contribution is 2.30. The maximum Gasteiger partial charge on any atom is 0.264 e. The molecule has 2 aromatic heterocycles. The summed E-state index contributed by atoms with van der Waals surface area (Å²) in [6, 6.07) is 6.84. The van der Waals surface area contributed by atoms with Crippen molar-refractivity contribution in [2.45, 2.75) is 10.4 Å². The normalized spacial score (nSPS) is 10.9. The van der Waals surface area contributed by atoms with Crippen LogP contribution in [0, 0.1) is 0 Å². The first kappa shape index (κ1) is 13.5. The quantitative estimate of drug-likeness (QED) is 0.533. The van der Waals surface area contributed by atoms with Crippen LogP contribution in [0.4, 0.5) is 0 Å². The van der Waals surface area contributed by atoms with Gasteiger partial charge in [0, 0.05) is 23.9 Å². The molecule has 2 heterocycles. The lowest BCUT2D eigenvalue weighted by Gasteiger charge is -1.96. The molecule has 0 saturated carbocycles. The third kappa shape index (κ3) is 2.82.